The van der Waals surface area contributed by atoms with E-state index in [1.54, 1.807) is 30.3 Å². The first-order valence-electron chi connectivity index (χ1n) is 10.1. The van der Waals surface area contributed by atoms with E-state index in [1.807, 2.05) is 36.4 Å². The van der Waals surface area contributed by atoms with Gasteiger partial charge in [0, 0.05) is 16.3 Å². The van der Waals surface area contributed by atoms with Crippen molar-refractivity contribution in [3.63, 3.8) is 0 Å². The molecule has 35 heavy (non-hydrogen) atoms. The standard InChI is InChI=1S/C24H16Cl3N3O3S2/c25-18-4-2-1-3-15(18)13-33-17-8-5-14(6-9-17)11-21-22(31)30(24(34)35-21)29-23(32)28-16-7-10-19(26)20(27)12-16/h1-12H,13H2,(H2,28,29,32)/b21-11+. The zero-order valence-electron chi connectivity index (χ0n) is 17.8. The Morgan fingerprint density at radius 2 is 1.74 bits per heavy atom. The van der Waals surface area contributed by atoms with Gasteiger partial charge in [-0.15, -0.1) is 0 Å². The van der Waals surface area contributed by atoms with E-state index in [0.717, 1.165) is 27.9 Å². The summed E-state index contributed by atoms with van der Waals surface area (Å²) in [7, 11) is 0. The van der Waals surface area contributed by atoms with Gasteiger partial charge in [-0.3, -0.25) is 4.79 Å². The van der Waals surface area contributed by atoms with Crippen LogP contribution in [0.5, 0.6) is 5.75 Å². The lowest BCUT2D eigenvalue weighted by molar-refractivity contribution is -0.123. The minimum atomic E-state index is -0.652. The SMILES string of the molecule is O=C(Nc1ccc(Cl)c(Cl)c1)NN1C(=O)/C(=C\c2ccc(OCc3ccccc3Cl)cc2)SC1=S. The molecule has 1 aliphatic rings. The largest absolute Gasteiger partial charge is 0.489 e. The maximum atomic E-state index is 12.8. The average molecular weight is 565 g/mol. The summed E-state index contributed by atoms with van der Waals surface area (Å²) in [6.45, 7) is 0.341. The predicted molar refractivity (Wildman–Crippen MR) is 146 cm³/mol. The van der Waals surface area contributed by atoms with Crippen LogP contribution in [0.3, 0.4) is 0 Å². The smallest absolute Gasteiger partial charge is 0.338 e. The first-order valence-corrected chi connectivity index (χ1v) is 12.4. The van der Waals surface area contributed by atoms with E-state index >= 15 is 0 Å². The molecule has 1 aliphatic heterocycles. The van der Waals surface area contributed by atoms with Crippen LogP contribution in [0.25, 0.3) is 6.08 Å². The number of rotatable bonds is 6. The summed E-state index contributed by atoms with van der Waals surface area (Å²) >= 11 is 24.3. The van der Waals surface area contributed by atoms with Crippen LogP contribution in [0, 0.1) is 0 Å². The molecule has 3 amide bonds. The zero-order chi connectivity index (χ0) is 24.9. The van der Waals surface area contributed by atoms with Gasteiger partial charge >= 0.3 is 6.03 Å². The van der Waals surface area contributed by atoms with Crippen molar-refractivity contribution in [2.75, 3.05) is 5.32 Å². The number of thioether (sulfide) groups is 1. The van der Waals surface area contributed by atoms with Gasteiger partial charge in [-0.25, -0.2) is 10.2 Å². The van der Waals surface area contributed by atoms with Crippen LogP contribution in [0.4, 0.5) is 10.5 Å². The topological polar surface area (TPSA) is 70.7 Å². The number of thiocarbonyl (C=S) groups is 1. The van der Waals surface area contributed by atoms with Gasteiger partial charge in [-0.2, -0.15) is 5.01 Å². The molecular weight excluding hydrogens is 549 g/mol. The van der Waals surface area contributed by atoms with Crippen LogP contribution in [-0.2, 0) is 11.4 Å². The van der Waals surface area contributed by atoms with Crippen LogP contribution in [-0.4, -0.2) is 21.3 Å². The number of benzene rings is 3. The van der Waals surface area contributed by atoms with Gasteiger partial charge in [0.15, 0.2) is 4.32 Å². The number of urea groups is 1. The van der Waals surface area contributed by atoms with Gasteiger partial charge in [0.25, 0.3) is 5.91 Å². The quantitative estimate of drug-likeness (QED) is 0.245. The fourth-order valence-corrected chi connectivity index (χ4v) is 4.65. The number of halogens is 3. The Morgan fingerprint density at radius 3 is 2.46 bits per heavy atom. The Bertz CT molecular complexity index is 1330. The minimum Gasteiger partial charge on any atom is -0.489 e. The highest BCUT2D eigenvalue weighted by molar-refractivity contribution is 8.26. The molecule has 0 saturated carbocycles. The molecule has 0 bridgehead atoms. The molecule has 4 rings (SSSR count). The lowest BCUT2D eigenvalue weighted by atomic mass is 10.2. The monoisotopic (exact) mass is 563 g/mol. The summed E-state index contributed by atoms with van der Waals surface area (Å²) in [6, 6.07) is 18.7. The molecule has 1 saturated heterocycles. The number of hydrogen-bond donors (Lipinski definition) is 2. The fraction of sp³-hybridized carbons (Fsp3) is 0.0417. The highest BCUT2D eigenvalue weighted by atomic mass is 35.5. The van der Waals surface area contributed by atoms with Crippen LogP contribution in [0.1, 0.15) is 11.1 Å². The molecular formula is C24H16Cl3N3O3S2. The molecule has 0 spiro atoms. The van der Waals surface area contributed by atoms with Gasteiger partial charge in [-0.1, -0.05) is 76.9 Å². The molecule has 3 aromatic rings. The van der Waals surface area contributed by atoms with E-state index in [9.17, 15) is 9.59 Å². The normalized spacial score (nSPS) is 14.4. The van der Waals surface area contributed by atoms with E-state index in [-0.39, 0.29) is 4.32 Å². The number of hydrazine groups is 1. The molecule has 3 aromatic carbocycles. The molecule has 2 N–H and O–H groups in total. The van der Waals surface area contributed by atoms with E-state index in [0.29, 0.717) is 38.0 Å². The van der Waals surface area contributed by atoms with Gasteiger partial charge in [0.2, 0.25) is 0 Å². The zero-order valence-corrected chi connectivity index (χ0v) is 21.7. The van der Waals surface area contributed by atoms with Gasteiger partial charge in [0.1, 0.15) is 12.4 Å². The molecule has 0 aromatic heterocycles. The number of hydrogen-bond acceptors (Lipinski definition) is 5. The fourth-order valence-electron chi connectivity index (χ4n) is 2.99. The maximum Gasteiger partial charge on any atom is 0.338 e. The van der Waals surface area contributed by atoms with Gasteiger partial charge in [0.05, 0.1) is 15.0 Å². The van der Waals surface area contributed by atoms with E-state index in [1.165, 1.54) is 6.07 Å². The summed E-state index contributed by atoms with van der Waals surface area (Å²) in [5, 5.41) is 4.89. The van der Waals surface area contributed by atoms with Crippen molar-refractivity contribution in [3.05, 3.63) is 97.8 Å². The van der Waals surface area contributed by atoms with Crippen molar-refractivity contribution in [3.8, 4) is 5.75 Å². The van der Waals surface area contributed by atoms with E-state index in [4.69, 9.17) is 51.8 Å². The number of anilines is 1. The Balaban J connectivity index is 1.36. The first-order chi connectivity index (χ1) is 16.8. The minimum absolute atomic E-state index is 0.199. The maximum absolute atomic E-state index is 12.8. The number of amides is 3. The molecule has 11 heteroatoms. The Hall–Kier alpha value is -2.75. The highest BCUT2D eigenvalue weighted by Gasteiger charge is 2.33. The lowest BCUT2D eigenvalue weighted by Gasteiger charge is -2.16. The third-order valence-corrected chi connectivity index (χ3v) is 7.12. The molecule has 1 fully saturated rings. The Labute approximate surface area is 226 Å². The van der Waals surface area contributed by atoms with Crippen LogP contribution < -0.4 is 15.5 Å². The highest BCUT2D eigenvalue weighted by Crippen LogP contribution is 2.32. The third kappa shape index (κ3) is 6.48. The predicted octanol–water partition coefficient (Wildman–Crippen LogP) is 7.16. The number of carbonyl (C=O) groups is 2. The average Bonchev–Trinajstić information content (AvgIpc) is 3.09. The van der Waals surface area contributed by atoms with Crippen molar-refractivity contribution in [2.45, 2.75) is 6.61 Å². The summed E-state index contributed by atoms with van der Waals surface area (Å²) in [4.78, 5) is 25.5. The summed E-state index contributed by atoms with van der Waals surface area (Å²) in [6.07, 6.45) is 1.69. The molecule has 0 atom stereocenters. The van der Waals surface area contributed by atoms with Gasteiger partial charge < -0.3 is 10.1 Å². The number of nitrogens with zero attached hydrogens (tertiary/aromatic N) is 1. The van der Waals surface area contributed by atoms with Gasteiger partial charge in [-0.05, 0) is 60.3 Å². The van der Waals surface area contributed by atoms with Crippen LogP contribution in [0.2, 0.25) is 15.1 Å². The second kappa shape index (κ2) is 11.3. The third-order valence-electron chi connectivity index (χ3n) is 4.71. The van der Waals surface area contributed by atoms with Crippen molar-refractivity contribution in [1.29, 1.82) is 0 Å². The molecule has 0 radical (unpaired) electrons. The Morgan fingerprint density at radius 1 is 1.00 bits per heavy atom. The van der Waals surface area contributed by atoms with Crippen LogP contribution in [0.15, 0.2) is 71.6 Å². The molecule has 178 valence electrons. The lowest BCUT2D eigenvalue weighted by Crippen LogP contribution is -2.46. The molecule has 0 aliphatic carbocycles. The number of carbonyl (C=O) groups excluding carboxylic acids is 2. The van der Waals surface area contributed by atoms with Crippen molar-refractivity contribution < 1.29 is 14.3 Å². The van der Waals surface area contributed by atoms with Crippen molar-refractivity contribution in [1.82, 2.24) is 10.4 Å². The summed E-state index contributed by atoms with van der Waals surface area (Å²) < 4.78 is 5.98. The summed E-state index contributed by atoms with van der Waals surface area (Å²) in [5.41, 5.74) is 4.52. The Kier molecular flexibility index (Phi) is 8.20. The van der Waals surface area contributed by atoms with Crippen LogP contribution >= 0.6 is 58.8 Å². The van der Waals surface area contributed by atoms with E-state index < -0.39 is 11.9 Å². The van der Waals surface area contributed by atoms with Crippen molar-refractivity contribution >= 4 is 86.8 Å². The number of ether oxygens (including phenoxy) is 1. The van der Waals surface area contributed by atoms with Crippen molar-refractivity contribution in [2.24, 2.45) is 0 Å². The number of nitrogens with one attached hydrogen (secondary N) is 2. The van der Waals surface area contributed by atoms with E-state index in [2.05, 4.69) is 10.7 Å². The molecule has 6 nitrogen and oxygen atoms in total. The molecule has 0 unspecified atom stereocenters. The molecule has 1 heterocycles. The second-order valence-electron chi connectivity index (χ2n) is 7.16. The summed E-state index contributed by atoms with van der Waals surface area (Å²) in [5.74, 6) is 0.221. The first kappa shape index (κ1) is 25.3. The second-order valence-corrected chi connectivity index (χ2v) is 10.1.